The third-order valence-electron chi connectivity index (χ3n) is 2.89. The summed E-state index contributed by atoms with van der Waals surface area (Å²) < 4.78 is 0. The molecule has 0 saturated heterocycles. The minimum absolute atomic E-state index is 0.172. The van der Waals surface area contributed by atoms with E-state index < -0.39 is 0 Å². The van der Waals surface area contributed by atoms with Crippen molar-refractivity contribution in [1.82, 2.24) is 15.3 Å². The van der Waals surface area contributed by atoms with Crippen LogP contribution in [0.4, 0.5) is 5.82 Å². The Morgan fingerprint density at radius 3 is 2.67 bits per heavy atom. The highest BCUT2D eigenvalue weighted by Crippen LogP contribution is 2.07. The molecule has 21 heavy (non-hydrogen) atoms. The molecular weight excluding hydrogens is 264 g/mol. The van der Waals surface area contributed by atoms with Crippen LogP contribution in [0, 0.1) is 5.92 Å². The Hall–Kier alpha value is -2.43. The summed E-state index contributed by atoms with van der Waals surface area (Å²) in [6.45, 7) is 5.39. The Labute approximate surface area is 124 Å². The zero-order valence-corrected chi connectivity index (χ0v) is 12.3. The molecule has 1 aromatic carbocycles. The van der Waals surface area contributed by atoms with Crippen molar-refractivity contribution in [3.8, 4) is 0 Å². The fourth-order valence-electron chi connectivity index (χ4n) is 1.75. The van der Waals surface area contributed by atoms with Crippen molar-refractivity contribution in [2.75, 3.05) is 11.9 Å². The molecule has 0 spiro atoms. The number of rotatable bonds is 6. The van der Waals surface area contributed by atoms with Gasteiger partial charge in [0.25, 0.3) is 5.91 Å². The zero-order chi connectivity index (χ0) is 15.1. The van der Waals surface area contributed by atoms with Crippen LogP contribution >= 0.6 is 0 Å². The van der Waals surface area contributed by atoms with E-state index in [9.17, 15) is 4.79 Å². The van der Waals surface area contributed by atoms with E-state index in [1.54, 1.807) is 6.07 Å². The molecule has 0 atom stereocenters. The molecule has 0 unspecified atom stereocenters. The van der Waals surface area contributed by atoms with Crippen LogP contribution in [0.2, 0.25) is 0 Å². The fraction of sp³-hybridized carbons (Fsp3) is 0.312. The molecular formula is C16H20N4O. The third kappa shape index (κ3) is 4.87. The van der Waals surface area contributed by atoms with Gasteiger partial charge in [-0.15, -0.1) is 0 Å². The van der Waals surface area contributed by atoms with Gasteiger partial charge in [-0.3, -0.25) is 4.79 Å². The molecule has 1 aromatic heterocycles. The molecule has 2 N–H and O–H groups in total. The first kappa shape index (κ1) is 15.0. The van der Waals surface area contributed by atoms with Crippen LogP contribution < -0.4 is 10.6 Å². The van der Waals surface area contributed by atoms with Gasteiger partial charge in [-0.2, -0.15) is 0 Å². The van der Waals surface area contributed by atoms with Crippen LogP contribution in [0.5, 0.6) is 0 Å². The second-order valence-electron chi connectivity index (χ2n) is 5.23. The summed E-state index contributed by atoms with van der Waals surface area (Å²) in [5.74, 6) is 0.879. The van der Waals surface area contributed by atoms with Crippen molar-refractivity contribution in [2.24, 2.45) is 5.92 Å². The van der Waals surface area contributed by atoms with E-state index >= 15 is 0 Å². The third-order valence-corrected chi connectivity index (χ3v) is 2.89. The van der Waals surface area contributed by atoms with Gasteiger partial charge in [0.1, 0.15) is 17.8 Å². The first-order valence-electron chi connectivity index (χ1n) is 7.03. The molecule has 0 fully saturated rings. The quantitative estimate of drug-likeness (QED) is 0.855. The molecule has 1 amide bonds. The number of hydrogen-bond donors (Lipinski definition) is 2. The van der Waals surface area contributed by atoms with Crippen LogP contribution in [-0.4, -0.2) is 22.4 Å². The van der Waals surface area contributed by atoms with Crippen LogP contribution in [0.3, 0.4) is 0 Å². The molecule has 5 heteroatoms. The zero-order valence-electron chi connectivity index (χ0n) is 12.3. The van der Waals surface area contributed by atoms with E-state index in [1.807, 2.05) is 44.2 Å². The van der Waals surface area contributed by atoms with Crippen LogP contribution in [-0.2, 0) is 6.54 Å². The lowest BCUT2D eigenvalue weighted by atomic mass is 10.2. The largest absolute Gasteiger partial charge is 0.366 e. The molecule has 110 valence electrons. The molecule has 0 saturated carbocycles. The SMILES string of the molecule is CC(C)CNC(=O)c1cc(NCc2ccccc2)ncn1. The van der Waals surface area contributed by atoms with E-state index in [2.05, 4.69) is 20.6 Å². The highest BCUT2D eigenvalue weighted by Gasteiger charge is 2.08. The minimum Gasteiger partial charge on any atom is -0.366 e. The van der Waals surface area contributed by atoms with Gasteiger partial charge in [0.15, 0.2) is 0 Å². The van der Waals surface area contributed by atoms with Crippen LogP contribution in [0.1, 0.15) is 29.9 Å². The molecule has 0 radical (unpaired) electrons. The lowest BCUT2D eigenvalue weighted by molar-refractivity contribution is 0.0944. The minimum atomic E-state index is -0.172. The van der Waals surface area contributed by atoms with E-state index in [0.717, 1.165) is 5.56 Å². The lowest BCUT2D eigenvalue weighted by Gasteiger charge is -2.09. The summed E-state index contributed by atoms with van der Waals surface area (Å²) in [5.41, 5.74) is 1.53. The van der Waals surface area contributed by atoms with Crippen LogP contribution in [0.15, 0.2) is 42.7 Å². The number of carbonyl (C=O) groups excluding carboxylic acids is 1. The fourth-order valence-corrected chi connectivity index (χ4v) is 1.75. The van der Waals surface area contributed by atoms with Gasteiger partial charge in [-0.05, 0) is 11.5 Å². The summed E-state index contributed by atoms with van der Waals surface area (Å²) in [6, 6.07) is 11.7. The van der Waals surface area contributed by atoms with E-state index in [4.69, 9.17) is 0 Å². The maximum absolute atomic E-state index is 11.9. The smallest absolute Gasteiger partial charge is 0.270 e. The molecule has 0 aliphatic rings. The number of anilines is 1. The second kappa shape index (κ2) is 7.38. The van der Waals surface area contributed by atoms with E-state index in [0.29, 0.717) is 30.5 Å². The second-order valence-corrected chi connectivity index (χ2v) is 5.23. The predicted molar refractivity (Wildman–Crippen MR) is 83.0 cm³/mol. The number of nitrogens with one attached hydrogen (secondary N) is 2. The van der Waals surface area contributed by atoms with Crippen molar-refractivity contribution in [3.05, 3.63) is 54.0 Å². The highest BCUT2D eigenvalue weighted by atomic mass is 16.1. The van der Waals surface area contributed by atoms with Crippen molar-refractivity contribution >= 4 is 11.7 Å². The van der Waals surface area contributed by atoms with Gasteiger partial charge >= 0.3 is 0 Å². The summed E-state index contributed by atoms with van der Waals surface area (Å²) in [7, 11) is 0. The van der Waals surface area contributed by atoms with E-state index in [-0.39, 0.29) is 5.91 Å². The molecule has 0 bridgehead atoms. The molecule has 1 heterocycles. The Morgan fingerprint density at radius 1 is 1.19 bits per heavy atom. The van der Waals surface area contributed by atoms with Crippen molar-refractivity contribution in [1.29, 1.82) is 0 Å². The number of carbonyl (C=O) groups is 1. The number of nitrogens with zero attached hydrogens (tertiary/aromatic N) is 2. The topological polar surface area (TPSA) is 66.9 Å². The van der Waals surface area contributed by atoms with Crippen molar-refractivity contribution in [2.45, 2.75) is 20.4 Å². The summed E-state index contributed by atoms with van der Waals surface area (Å²) in [6.07, 6.45) is 1.40. The monoisotopic (exact) mass is 284 g/mol. The Bertz CT molecular complexity index is 584. The number of amides is 1. The first-order chi connectivity index (χ1) is 10.1. The molecule has 2 rings (SSSR count). The summed E-state index contributed by atoms with van der Waals surface area (Å²) >= 11 is 0. The average molecular weight is 284 g/mol. The Kier molecular flexibility index (Phi) is 5.26. The molecule has 2 aromatic rings. The summed E-state index contributed by atoms with van der Waals surface area (Å²) in [4.78, 5) is 20.1. The van der Waals surface area contributed by atoms with Crippen molar-refractivity contribution in [3.63, 3.8) is 0 Å². The molecule has 0 aliphatic carbocycles. The maximum Gasteiger partial charge on any atom is 0.270 e. The van der Waals surface area contributed by atoms with Gasteiger partial charge in [0, 0.05) is 19.2 Å². The first-order valence-corrected chi connectivity index (χ1v) is 7.03. The van der Waals surface area contributed by atoms with Gasteiger partial charge in [-0.25, -0.2) is 9.97 Å². The number of benzene rings is 1. The normalized spacial score (nSPS) is 10.4. The predicted octanol–water partition coefficient (Wildman–Crippen LogP) is 2.47. The Morgan fingerprint density at radius 2 is 1.95 bits per heavy atom. The van der Waals surface area contributed by atoms with Crippen LogP contribution in [0.25, 0.3) is 0 Å². The number of aromatic nitrogens is 2. The van der Waals surface area contributed by atoms with Gasteiger partial charge in [-0.1, -0.05) is 44.2 Å². The summed E-state index contributed by atoms with van der Waals surface area (Å²) in [5, 5.41) is 6.03. The standard InChI is InChI=1S/C16H20N4O/c1-12(2)9-18-16(21)14-8-15(20-11-19-14)17-10-13-6-4-3-5-7-13/h3-8,11-12H,9-10H2,1-2H3,(H,18,21)(H,17,19,20). The maximum atomic E-state index is 11.9. The Balaban J connectivity index is 1.96. The van der Waals surface area contributed by atoms with Gasteiger partial charge in [0.2, 0.25) is 0 Å². The van der Waals surface area contributed by atoms with Gasteiger partial charge in [0.05, 0.1) is 0 Å². The average Bonchev–Trinajstić information content (AvgIpc) is 2.52. The van der Waals surface area contributed by atoms with E-state index in [1.165, 1.54) is 6.33 Å². The molecule has 5 nitrogen and oxygen atoms in total. The van der Waals surface area contributed by atoms with Gasteiger partial charge < -0.3 is 10.6 Å². The lowest BCUT2D eigenvalue weighted by Crippen LogP contribution is -2.28. The van der Waals surface area contributed by atoms with Crippen molar-refractivity contribution < 1.29 is 4.79 Å². The molecule has 0 aliphatic heterocycles. The number of hydrogen-bond acceptors (Lipinski definition) is 4. The highest BCUT2D eigenvalue weighted by molar-refractivity contribution is 5.92.